The van der Waals surface area contributed by atoms with E-state index < -0.39 is 10.0 Å². The maximum atomic E-state index is 12.5. The molecule has 2 rings (SSSR count). The van der Waals surface area contributed by atoms with Gasteiger partial charge in [0, 0.05) is 26.2 Å². The predicted molar refractivity (Wildman–Crippen MR) is 108 cm³/mol. The van der Waals surface area contributed by atoms with E-state index in [4.69, 9.17) is 0 Å². The lowest BCUT2D eigenvalue weighted by Gasteiger charge is -2.18. The van der Waals surface area contributed by atoms with Gasteiger partial charge in [-0.1, -0.05) is 37.6 Å². The van der Waals surface area contributed by atoms with Crippen molar-refractivity contribution in [3.63, 3.8) is 0 Å². The van der Waals surface area contributed by atoms with Crippen LogP contribution in [0, 0.1) is 0 Å². The highest BCUT2D eigenvalue weighted by atomic mass is 32.2. The first-order valence-corrected chi connectivity index (χ1v) is 11.2. The summed E-state index contributed by atoms with van der Waals surface area (Å²) in [6.45, 7) is 5.53. The van der Waals surface area contributed by atoms with Crippen LogP contribution in [0.3, 0.4) is 0 Å². The monoisotopic (exact) mass is 393 g/mol. The molecule has 0 saturated heterocycles. The van der Waals surface area contributed by atoms with E-state index in [0.717, 1.165) is 24.8 Å². The smallest absolute Gasteiger partial charge is 0.315 e. The van der Waals surface area contributed by atoms with Gasteiger partial charge in [-0.2, -0.15) is 4.31 Å². The van der Waals surface area contributed by atoms with Gasteiger partial charge in [0.15, 0.2) is 0 Å². The third kappa shape index (κ3) is 6.36. The van der Waals surface area contributed by atoms with E-state index in [1.54, 1.807) is 24.3 Å². The minimum absolute atomic E-state index is 0.203. The molecule has 1 aromatic rings. The van der Waals surface area contributed by atoms with Crippen LogP contribution < -0.4 is 10.6 Å². The average Bonchev–Trinajstić information content (AvgIpc) is 2.68. The summed E-state index contributed by atoms with van der Waals surface area (Å²) in [5.74, 6) is 0. The number of allylic oxidation sites excluding steroid dienone is 1. The van der Waals surface area contributed by atoms with E-state index in [0.29, 0.717) is 26.2 Å². The maximum absolute atomic E-state index is 12.5. The Labute approximate surface area is 163 Å². The summed E-state index contributed by atoms with van der Waals surface area (Å²) in [5.41, 5.74) is 2.30. The van der Waals surface area contributed by atoms with Crippen molar-refractivity contribution in [2.45, 2.75) is 57.4 Å². The number of carbonyl (C=O) groups is 1. The zero-order chi connectivity index (χ0) is 19.7. The number of sulfonamides is 1. The van der Waals surface area contributed by atoms with E-state index >= 15 is 0 Å². The molecule has 0 fully saturated rings. The van der Waals surface area contributed by atoms with Crippen LogP contribution in [0.2, 0.25) is 0 Å². The van der Waals surface area contributed by atoms with E-state index in [-0.39, 0.29) is 10.9 Å². The molecule has 1 aliphatic carbocycles. The lowest BCUT2D eigenvalue weighted by molar-refractivity contribution is 0.240. The molecule has 0 unspecified atom stereocenters. The molecule has 0 heterocycles. The summed E-state index contributed by atoms with van der Waals surface area (Å²) in [7, 11) is -3.44. The Morgan fingerprint density at radius 1 is 1.07 bits per heavy atom. The second-order valence-electron chi connectivity index (χ2n) is 6.70. The van der Waals surface area contributed by atoms with Crippen molar-refractivity contribution >= 4 is 16.1 Å². The topological polar surface area (TPSA) is 78.5 Å². The summed E-state index contributed by atoms with van der Waals surface area (Å²) in [6, 6.07) is 6.47. The molecule has 2 N–H and O–H groups in total. The predicted octanol–water partition coefficient (Wildman–Crippen LogP) is 3.41. The van der Waals surface area contributed by atoms with Crippen molar-refractivity contribution in [3.8, 4) is 0 Å². The molecule has 27 heavy (non-hydrogen) atoms. The van der Waals surface area contributed by atoms with Gasteiger partial charge in [-0.25, -0.2) is 13.2 Å². The zero-order valence-corrected chi connectivity index (χ0v) is 17.1. The number of hydrogen-bond donors (Lipinski definition) is 2. The highest BCUT2D eigenvalue weighted by Gasteiger charge is 2.21. The Morgan fingerprint density at radius 2 is 1.78 bits per heavy atom. The summed E-state index contributed by atoms with van der Waals surface area (Å²) >= 11 is 0. The van der Waals surface area contributed by atoms with E-state index in [2.05, 4.69) is 16.7 Å². The molecule has 0 aliphatic heterocycles. The van der Waals surface area contributed by atoms with Crippen LogP contribution >= 0.6 is 0 Å². The molecule has 1 aliphatic rings. The van der Waals surface area contributed by atoms with Gasteiger partial charge in [0.25, 0.3) is 0 Å². The fourth-order valence-electron chi connectivity index (χ4n) is 3.21. The van der Waals surface area contributed by atoms with Crippen molar-refractivity contribution in [1.82, 2.24) is 14.9 Å². The number of hydrogen-bond acceptors (Lipinski definition) is 3. The van der Waals surface area contributed by atoms with Crippen molar-refractivity contribution < 1.29 is 13.2 Å². The third-order valence-electron chi connectivity index (χ3n) is 4.84. The van der Waals surface area contributed by atoms with E-state index in [1.807, 2.05) is 13.8 Å². The molecular weight excluding hydrogens is 362 g/mol. The lowest BCUT2D eigenvalue weighted by Crippen LogP contribution is -2.35. The SMILES string of the molecule is CCN(CC)S(=O)(=O)c1ccc(CNC(=O)NCCC2=CCCCC2)cc1. The Morgan fingerprint density at radius 3 is 2.37 bits per heavy atom. The molecule has 150 valence electrons. The molecular formula is C20H31N3O3S. The van der Waals surface area contributed by atoms with Gasteiger partial charge < -0.3 is 10.6 Å². The molecule has 0 atom stereocenters. The molecule has 0 radical (unpaired) electrons. The molecule has 0 spiro atoms. The molecule has 2 amide bonds. The second-order valence-corrected chi connectivity index (χ2v) is 8.64. The van der Waals surface area contributed by atoms with Crippen molar-refractivity contribution in [3.05, 3.63) is 41.5 Å². The van der Waals surface area contributed by atoms with Crippen molar-refractivity contribution in [2.24, 2.45) is 0 Å². The second kappa shape index (κ2) is 10.5. The van der Waals surface area contributed by atoms with Gasteiger partial charge in [-0.15, -0.1) is 0 Å². The minimum atomic E-state index is -3.44. The number of carbonyl (C=O) groups excluding carboxylic acids is 1. The van der Waals surface area contributed by atoms with Crippen LogP contribution in [0.4, 0.5) is 4.79 Å². The first kappa shape index (κ1) is 21.4. The van der Waals surface area contributed by atoms with E-state index in [1.165, 1.54) is 22.7 Å². The quantitative estimate of drug-likeness (QED) is 0.631. The van der Waals surface area contributed by atoms with Crippen LogP contribution in [-0.4, -0.2) is 38.4 Å². The molecule has 0 saturated carbocycles. The number of benzene rings is 1. The third-order valence-corrected chi connectivity index (χ3v) is 6.90. The van der Waals surface area contributed by atoms with E-state index in [9.17, 15) is 13.2 Å². The van der Waals surface area contributed by atoms with Gasteiger partial charge in [-0.05, 0) is 49.8 Å². The Kier molecular flexibility index (Phi) is 8.31. The first-order valence-electron chi connectivity index (χ1n) is 9.76. The minimum Gasteiger partial charge on any atom is -0.338 e. The fraction of sp³-hybridized carbons (Fsp3) is 0.550. The normalized spacial score (nSPS) is 14.7. The number of nitrogens with one attached hydrogen (secondary N) is 2. The number of amides is 2. The van der Waals surface area contributed by atoms with Gasteiger partial charge in [0.2, 0.25) is 10.0 Å². The number of rotatable bonds is 9. The summed E-state index contributed by atoms with van der Waals surface area (Å²) in [5, 5.41) is 5.68. The summed E-state index contributed by atoms with van der Waals surface area (Å²) < 4.78 is 26.4. The lowest BCUT2D eigenvalue weighted by atomic mass is 9.97. The fourth-order valence-corrected chi connectivity index (χ4v) is 4.66. The van der Waals surface area contributed by atoms with Crippen LogP contribution in [0.1, 0.15) is 51.5 Å². The Balaban J connectivity index is 1.79. The van der Waals surface area contributed by atoms with Crippen LogP contribution in [0.5, 0.6) is 0 Å². The van der Waals surface area contributed by atoms with Crippen molar-refractivity contribution in [2.75, 3.05) is 19.6 Å². The molecule has 6 nitrogen and oxygen atoms in total. The average molecular weight is 394 g/mol. The first-order chi connectivity index (χ1) is 13.0. The van der Waals surface area contributed by atoms with Crippen LogP contribution in [0.25, 0.3) is 0 Å². The molecule has 0 bridgehead atoms. The number of urea groups is 1. The molecule has 0 aromatic heterocycles. The van der Waals surface area contributed by atoms with Gasteiger partial charge >= 0.3 is 6.03 Å². The van der Waals surface area contributed by atoms with Gasteiger partial charge in [-0.3, -0.25) is 0 Å². The Hall–Kier alpha value is -1.86. The van der Waals surface area contributed by atoms with Gasteiger partial charge in [0.05, 0.1) is 4.90 Å². The Bertz CT molecular complexity index is 738. The zero-order valence-electron chi connectivity index (χ0n) is 16.3. The van der Waals surface area contributed by atoms with Crippen LogP contribution in [-0.2, 0) is 16.6 Å². The van der Waals surface area contributed by atoms with Gasteiger partial charge in [0.1, 0.15) is 0 Å². The largest absolute Gasteiger partial charge is 0.338 e. The van der Waals surface area contributed by atoms with Crippen LogP contribution in [0.15, 0.2) is 40.8 Å². The molecule has 7 heteroatoms. The highest BCUT2D eigenvalue weighted by molar-refractivity contribution is 7.89. The standard InChI is InChI=1S/C20H31N3O3S/c1-3-23(4-2)27(25,26)19-12-10-18(11-13-19)16-22-20(24)21-15-14-17-8-6-5-7-9-17/h8,10-13H,3-7,9,14-16H2,1-2H3,(H2,21,22,24). The molecule has 1 aromatic carbocycles. The highest BCUT2D eigenvalue weighted by Crippen LogP contribution is 2.19. The maximum Gasteiger partial charge on any atom is 0.315 e. The summed E-state index contributed by atoms with van der Waals surface area (Å²) in [4.78, 5) is 12.2. The summed E-state index contributed by atoms with van der Waals surface area (Å²) in [6.07, 6.45) is 8.01. The van der Waals surface area contributed by atoms with Crippen molar-refractivity contribution in [1.29, 1.82) is 0 Å². The number of nitrogens with zero attached hydrogens (tertiary/aromatic N) is 1.